The van der Waals surface area contributed by atoms with Crippen molar-refractivity contribution in [2.75, 3.05) is 13.1 Å². The van der Waals surface area contributed by atoms with Gasteiger partial charge in [-0.15, -0.1) is 0 Å². The van der Waals surface area contributed by atoms with Gasteiger partial charge in [0.2, 0.25) is 0 Å². The van der Waals surface area contributed by atoms with Crippen LogP contribution in [0.1, 0.15) is 24.8 Å². The van der Waals surface area contributed by atoms with E-state index in [-0.39, 0.29) is 10.6 Å². The minimum atomic E-state index is -0.382. The van der Waals surface area contributed by atoms with Crippen molar-refractivity contribution in [3.05, 3.63) is 46.0 Å². The highest BCUT2D eigenvalue weighted by Crippen LogP contribution is 2.30. The van der Waals surface area contributed by atoms with Gasteiger partial charge in [-0.3, -0.25) is 10.1 Å². The molecule has 0 spiro atoms. The first-order valence-electron chi connectivity index (χ1n) is 7.03. The maximum Gasteiger partial charge on any atom is 0.273 e. The Hall–Kier alpha value is -2.21. The first-order chi connectivity index (χ1) is 10.1. The summed E-state index contributed by atoms with van der Waals surface area (Å²) in [4.78, 5) is 14.8. The van der Waals surface area contributed by atoms with Crippen LogP contribution in [0.4, 0.5) is 5.69 Å². The van der Waals surface area contributed by atoms with Crippen LogP contribution in [0.2, 0.25) is 0 Å². The van der Waals surface area contributed by atoms with Gasteiger partial charge in [-0.1, -0.05) is 19.1 Å². The van der Waals surface area contributed by atoms with E-state index in [9.17, 15) is 10.1 Å². The molecule has 0 aliphatic rings. The fourth-order valence-corrected chi connectivity index (χ4v) is 2.18. The lowest BCUT2D eigenvalue weighted by Crippen LogP contribution is -2.14. The Morgan fingerprint density at radius 3 is 2.95 bits per heavy atom. The molecule has 2 aromatic rings. The molecular formula is C15H19N3O3. The van der Waals surface area contributed by atoms with Crippen LogP contribution >= 0.6 is 0 Å². The largest absolute Gasteiger partial charge is 0.441 e. The van der Waals surface area contributed by atoms with Crippen molar-refractivity contribution in [3.63, 3.8) is 0 Å². The van der Waals surface area contributed by atoms with Crippen molar-refractivity contribution in [1.82, 2.24) is 10.3 Å². The molecule has 6 nitrogen and oxygen atoms in total. The van der Waals surface area contributed by atoms with Crippen LogP contribution in [-0.4, -0.2) is 23.0 Å². The van der Waals surface area contributed by atoms with E-state index in [0.29, 0.717) is 17.2 Å². The maximum absolute atomic E-state index is 11.0. The maximum atomic E-state index is 11.0. The Bertz CT molecular complexity index is 622. The Balaban J connectivity index is 2.14. The van der Waals surface area contributed by atoms with Gasteiger partial charge in [-0.2, -0.15) is 0 Å². The molecule has 1 N–H and O–H groups in total. The summed E-state index contributed by atoms with van der Waals surface area (Å²) in [6.07, 6.45) is 3.33. The number of nitrogens with zero attached hydrogens (tertiary/aromatic N) is 2. The highest BCUT2D eigenvalue weighted by molar-refractivity contribution is 5.66. The van der Waals surface area contributed by atoms with Crippen LogP contribution in [0.3, 0.4) is 0 Å². The molecule has 0 fully saturated rings. The lowest BCUT2D eigenvalue weighted by atomic mass is 10.1. The van der Waals surface area contributed by atoms with Crippen molar-refractivity contribution in [2.45, 2.75) is 26.7 Å². The van der Waals surface area contributed by atoms with Gasteiger partial charge in [0.25, 0.3) is 5.69 Å². The van der Waals surface area contributed by atoms with Gasteiger partial charge in [-0.25, -0.2) is 4.98 Å². The van der Waals surface area contributed by atoms with E-state index in [1.54, 1.807) is 19.2 Å². The third-order valence-electron chi connectivity index (χ3n) is 3.32. The number of aryl methyl sites for hydroxylation is 1. The van der Waals surface area contributed by atoms with Gasteiger partial charge < -0.3 is 9.73 Å². The van der Waals surface area contributed by atoms with Crippen molar-refractivity contribution < 1.29 is 9.34 Å². The summed E-state index contributed by atoms with van der Waals surface area (Å²) in [5.74, 6) is 1.24. The van der Waals surface area contributed by atoms with E-state index in [0.717, 1.165) is 31.5 Å². The average Bonchev–Trinajstić information content (AvgIpc) is 2.92. The summed E-state index contributed by atoms with van der Waals surface area (Å²) in [5, 5.41) is 14.2. The summed E-state index contributed by atoms with van der Waals surface area (Å²) < 4.78 is 5.70. The van der Waals surface area contributed by atoms with Gasteiger partial charge in [0.05, 0.1) is 11.1 Å². The zero-order valence-corrected chi connectivity index (χ0v) is 12.3. The lowest BCUT2D eigenvalue weighted by Gasteiger charge is -2.02. The van der Waals surface area contributed by atoms with Gasteiger partial charge in [0.15, 0.2) is 11.7 Å². The summed E-state index contributed by atoms with van der Waals surface area (Å²) in [6, 6.07) is 4.96. The summed E-state index contributed by atoms with van der Waals surface area (Å²) in [5.41, 5.74) is 1.41. The SMILES string of the molecule is CCNCCCc1ncc(-c2cccc([N+](=O)[O-])c2C)o1. The Kier molecular flexibility index (Phi) is 5.05. The molecule has 1 heterocycles. The molecule has 1 aromatic heterocycles. The smallest absolute Gasteiger partial charge is 0.273 e. The number of nitro groups is 1. The molecule has 0 atom stereocenters. The Labute approximate surface area is 123 Å². The quantitative estimate of drug-likeness (QED) is 0.481. The molecule has 21 heavy (non-hydrogen) atoms. The molecule has 0 saturated carbocycles. The van der Waals surface area contributed by atoms with Crippen molar-refractivity contribution >= 4 is 5.69 Å². The highest BCUT2D eigenvalue weighted by atomic mass is 16.6. The number of nitro benzene ring substituents is 1. The summed E-state index contributed by atoms with van der Waals surface area (Å²) >= 11 is 0. The molecule has 0 saturated heterocycles. The van der Waals surface area contributed by atoms with Gasteiger partial charge >= 0.3 is 0 Å². The number of nitrogens with one attached hydrogen (secondary N) is 1. The van der Waals surface area contributed by atoms with E-state index in [4.69, 9.17) is 4.42 Å². The summed E-state index contributed by atoms with van der Waals surface area (Å²) in [7, 11) is 0. The second-order valence-electron chi connectivity index (χ2n) is 4.78. The third-order valence-corrected chi connectivity index (χ3v) is 3.32. The predicted molar refractivity (Wildman–Crippen MR) is 80.2 cm³/mol. The van der Waals surface area contributed by atoms with Crippen LogP contribution in [0.25, 0.3) is 11.3 Å². The first-order valence-corrected chi connectivity index (χ1v) is 7.03. The minimum absolute atomic E-state index is 0.0950. The zero-order valence-electron chi connectivity index (χ0n) is 12.3. The molecule has 0 bridgehead atoms. The fourth-order valence-electron chi connectivity index (χ4n) is 2.18. The standard InChI is InChI=1S/C15H19N3O3/c1-3-16-9-5-8-15-17-10-14(21-15)12-6-4-7-13(11(12)2)18(19)20/h4,6-7,10,16H,3,5,8-9H2,1-2H3. The number of hydrogen-bond donors (Lipinski definition) is 1. The molecule has 1 aromatic carbocycles. The molecule has 0 unspecified atom stereocenters. The van der Waals surface area contributed by atoms with Crippen LogP contribution < -0.4 is 5.32 Å². The Morgan fingerprint density at radius 1 is 1.43 bits per heavy atom. The molecule has 112 valence electrons. The van der Waals surface area contributed by atoms with Crippen LogP contribution in [0, 0.1) is 17.0 Å². The normalized spacial score (nSPS) is 10.8. The van der Waals surface area contributed by atoms with Crippen molar-refractivity contribution in [2.24, 2.45) is 0 Å². The number of oxazole rings is 1. The minimum Gasteiger partial charge on any atom is -0.441 e. The van der Waals surface area contributed by atoms with E-state index < -0.39 is 0 Å². The molecule has 6 heteroatoms. The van der Waals surface area contributed by atoms with E-state index in [2.05, 4.69) is 17.2 Å². The second-order valence-corrected chi connectivity index (χ2v) is 4.78. The molecule has 2 rings (SSSR count). The Morgan fingerprint density at radius 2 is 2.24 bits per heavy atom. The van der Waals surface area contributed by atoms with E-state index in [1.165, 1.54) is 6.07 Å². The van der Waals surface area contributed by atoms with E-state index >= 15 is 0 Å². The average molecular weight is 289 g/mol. The molecular weight excluding hydrogens is 270 g/mol. The number of hydrogen-bond acceptors (Lipinski definition) is 5. The first kappa shape index (κ1) is 15.2. The van der Waals surface area contributed by atoms with Crippen LogP contribution in [0.15, 0.2) is 28.8 Å². The van der Waals surface area contributed by atoms with Crippen LogP contribution in [0.5, 0.6) is 0 Å². The topological polar surface area (TPSA) is 81.2 Å². The van der Waals surface area contributed by atoms with E-state index in [1.807, 2.05) is 6.07 Å². The highest BCUT2D eigenvalue weighted by Gasteiger charge is 2.16. The number of rotatable bonds is 7. The fraction of sp³-hybridized carbons (Fsp3) is 0.400. The molecule has 0 amide bonds. The third kappa shape index (κ3) is 3.66. The molecule has 0 radical (unpaired) electrons. The van der Waals surface area contributed by atoms with Crippen molar-refractivity contribution in [1.29, 1.82) is 0 Å². The number of benzene rings is 1. The zero-order chi connectivity index (χ0) is 15.2. The monoisotopic (exact) mass is 289 g/mol. The van der Waals surface area contributed by atoms with Crippen LogP contribution in [-0.2, 0) is 6.42 Å². The molecule has 0 aliphatic heterocycles. The van der Waals surface area contributed by atoms with Gasteiger partial charge in [0.1, 0.15) is 0 Å². The second kappa shape index (κ2) is 6.99. The van der Waals surface area contributed by atoms with Gasteiger partial charge in [-0.05, 0) is 26.4 Å². The predicted octanol–water partition coefficient (Wildman–Crippen LogP) is 3.10. The van der Waals surface area contributed by atoms with Gasteiger partial charge in [0, 0.05) is 23.6 Å². The molecule has 0 aliphatic carbocycles. The summed E-state index contributed by atoms with van der Waals surface area (Å²) in [6.45, 7) is 5.66. The van der Waals surface area contributed by atoms with Crippen molar-refractivity contribution in [3.8, 4) is 11.3 Å². The number of aromatic nitrogens is 1. The lowest BCUT2D eigenvalue weighted by molar-refractivity contribution is -0.385.